The summed E-state index contributed by atoms with van der Waals surface area (Å²) in [7, 11) is 0. The maximum Gasteiger partial charge on any atom is 0.0315 e. The molecule has 0 saturated heterocycles. The standard InChI is InChI=1S/C10H14N2/c1-8(12-10-4-5-10)9-3-2-6-11-7-9/h2-3,6-8,10,12H,4-5H2,1H3. The summed E-state index contributed by atoms with van der Waals surface area (Å²) in [6.07, 6.45) is 6.42. The Morgan fingerprint density at radius 2 is 2.42 bits per heavy atom. The van der Waals surface area contributed by atoms with Crippen LogP contribution < -0.4 is 5.32 Å². The van der Waals surface area contributed by atoms with Crippen molar-refractivity contribution < 1.29 is 0 Å². The van der Waals surface area contributed by atoms with Gasteiger partial charge in [0.15, 0.2) is 0 Å². The van der Waals surface area contributed by atoms with Crippen molar-refractivity contribution in [3.63, 3.8) is 0 Å². The Bertz CT molecular complexity index is 241. The molecule has 1 aromatic rings. The Labute approximate surface area is 73.0 Å². The molecule has 0 aromatic carbocycles. The molecule has 1 aliphatic carbocycles. The van der Waals surface area contributed by atoms with Crippen LogP contribution >= 0.6 is 0 Å². The predicted molar refractivity (Wildman–Crippen MR) is 48.8 cm³/mol. The number of nitrogens with one attached hydrogen (secondary N) is 1. The van der Waals surface area contributed by atoms with Crippen LogP contribution in [-0.4, -0.2) is 11.0 Å². The van der Waals surface area contributed by atoms with Gasteiger partial charge in [0, 0.05) is 24.5 Å². The van der Waals surface area contributed by atoms with Gasteiger partial charge in [0.25, 0.3) is 0 Å². The van der Waals surface area contributed by atoms with Crippen LogP contribution in [0.15, 0.2) is 24.5 Å². The van der Waals surface area contributed by atoms with E-state index in [0.29, 0.717) is 6.04 Å². The molecule has 1 fully saturated rings. The molecule has 0 radical (unpaired) electrons. The van der Waals surface area contributed by atoms with Crippen molar-refractivity contribution in [2.45, 2.75) is 31.8 Å². The molecule has 2 heteroatoms. The van der Waals surface area contributed by atoms with Gasteiger partial charge in [-0.2, -0.15) is 0 Å². The first-order valence-corrected chi connectivity index (χ1v) is 4.52. The number of pyridine rings is 1. The monoisotopic (exact) mass is 162 g/mol. The van der Waals surface area contributed by atoms with Crippen LogP contribution in [0.25, 0.3) is 0 Å². The van der Waals surface area contributed by atoms with Crippen molar-refractivity contribution in [2.24, 2.45) is 0 Å². The van der Waals surface area contributed by atoms with Gasteiger partial charge in [0.05, 0.1) is 0 Å². The highest BCUT2D eigenvalue weighted by molar-refractivity contribution is 5.13. The molecule has 2 nitrogen and oxygen atoms in total. The van der Waals surface area contributed by atoms with Gasteiger partial charge in [0.1, 0.15) is 0 Å². The minimum Gasteiger partial charge on any atom is -0.307 e. The molecule has 1 atom stereocenters. The highest BCUT2D eigenvalue weighted by Gasteiger charge is 2.22. The number of nitrogens with zero attached hydrogens (tertiary/aromatic N) is 1. The molecule has 1 heterocycles. The lowest BCUT2D eigenvalue weighted by Crippen LogP contribution is -2.20. The molecule has 1 aliphatic rings. The molecule has 0 spiro atoms. The van der Waals surface area contributed by atoms with E-state index in [2.05, 4.69) is 23.3 Å². The lowest BCUT2D eigenvalue weighted by Gasteiger charge is -2.12. The van der Waals surface area contributed by atoms with Crippen LogP contribution in [0.5, 0.6) is 0 Å². The van der Waals surface area contributed by atoms with Crippen molar-refractivity contribution in [3.8, 4) is 0 Å². The van der Waals surface area contributed by atoms with Gasteiger partial charge in [-0.25, -0.2) is 0 Å². The van der Waals surface area contributed by atoms with Crippen LogP contribution in [0, 0.1) is 0 Å². The molecule has 0 amide bonds. The molecule has 0 aliphatic heterocycles. The van der Waals surface area contributed by atoms with Gasteiger partial charge in [-0.1, -0.05) is 6.07 Å². The summed E-state index contributed by atoms with van der Waals surface area (Å²) in [6, 6.07) is 5.32. The smallest absolute Gasteiger partial charge is 0.0315 e. The number of rotatable bonds is 3. The Hall–Kier alpha value is -0.890. The molecule has 1 unspecified atom stereocenters. The first kappa shape index (κ1) is 7.74. The summed E-state index contributed by atoms with van der Waals surface area (Å²) in [5.41, 5.74) is 1.28. The fraction of sp³-hybridized carbons (Fsp3) is 0.500. The van der Waals surface area contributed by atoms with Crippen LogP contribution in [0.4, 0.5) is 0 Å². The fourth-order valence-corrected chi connectivity index (χ4v) is 1.33. The lowest BCUT2D eigenvalue weighted by atomic mass is 10.1. The Kier molecular flexibility index (Phi) is 2.09. The zero-order valence-corrected chi connectivity index (χ0v) is 7.33. The second kappa shape index (κ2) is 3.23. The minimum atomic E-state index is 0.450. The van der Waals surface area contributed by atoms with Gasteiger partial charge < -0.3 is 5.32 Å². The van der Waals surface area contributed by atoms with E-state index >= 15 is 0 Å². The molecule has 0 bridgehead atoms. The van der Waals surface area contributed by atoms with Crippen molar-refractivity contribution in [3.05, 3.63) is 30.1 Å². The molecule has 12 heavy (non-hydrogen) atoms. The number of hydrogen-bond acceptors (Lipinski definition) is 2. The van der Waals surface area contributed by atoms with Crippen molar-refractivity contribution in [1.82, 2.24) is 10.3 Å². The van der Waals surface area contributed by atoms with E-state index in [1.54, 1.807) is 0 Å². The lowest BCUT2D eigenvalue weighted by molar-refractivity contribution is 0.569. The zero-order valence-electron chi connectivity index (χ0n) is 7.33. The first-order valence-electron chi connectivity index (χ1n) is 4.52. The van der Waals surface area contributed by atoms with Gasteiger partial charge in [-0.3, -0.25) is 4.98 Å². The summed E-state index contributed by atoms with van der Waals surface area (Å²) >= 11 is 0. The Balaban J connectivity index is 1.98. The van der Waals surface area contributed by atoms with Crippen LogP contribution in [0.1, 0.15) is 31.4 Å². The largest absolute Gasteiger partial charge is 0.307 e. The average Bonchev–Trinajstić information content (AvgIpc) is 2.90. The topological polar surface area (TPSA) is 24.9 Å². The highest BCUT2D eigenvalue weighted by atomic mass is 15.0. The van der Waals surface area contributed by atoms with Gasteiger partial charge in [-0.05, 0) is 31.4 Å². The fourth-order valence-electron chi connectivity index (χ4n) is 1.33. The summed E-state index contributed by atoms with van der Waals surface area (Å²) < 4.78 is 0. The molecule has 1 N–H and O–H groups in total. The average molecular weight is 162 g/mol. The summed E-state index contributed by atoms with van der Waals surface area (Å²) in [4.78, 5) is 4.09. The zero-order chi connectivity index (χ0) is 8.39. The third-order valence-corrected chi connectivity index (χ3v) is 2.25. The molecular weight excluding hydrogens is 148 g/mol. The van der Waals surface area contributed by atoms with E-state index in [0.717, 1.165) is 6.04 Å². The van der Waals surface area contributed by atoms with Crippen LogP contribution in [-0.2, 0) is 0 Å². The molecule has 1 saturated carbocycles. The Morgan fingerprint density at radius 1 is 1.58 bits per heavy atom. The SMILES string of the molecule is CC(NC1CC1)c1cccnc1. The summed E-state index contributed by atoms with van der Waals surface area (Å²) in [5, 5.41) is 3.53. The normalized spacial score (nSPS) is 19.1. The summed E-state index contributed by atoms with van der Waals surface area (Å²) in [6.45, 7) is 2.19. The second-order valence-corrected chi connectivity index (χ2v) is 3.45. The van der Waals surface area contributed by atoms with Gasteiger partial charge >= 0.3 is 0 Å². The molecule has 2 rings (SSSR count). The maximum absolute atomic E-state index is 4.09. The van der Waals surface area contributed by atoms with E-state index in [1.165, 1.54) is 18.4 Å². The second-order valence-electron chi connectivity index (χ2n) is 3.45. The van der Waals surface area contributed by atoms with Crippen molar-refractivity contribution in [2.75, 3.05) is 0 Å². The van der Waals surface area contributed by atoms with Crippen LogP contribution in [0.3, 0.4) is 0 Å². The minimum absolute atomic E-state index is 0.450. The first-order chi connectivity index (χ1) is 5.86. The van der Waals surface area contributed by atoms with E-state index in [9.17, 15) is 0 Å². The third kappa shape index (κ3) is 1.83. The molecule has 1 aromatic heterocycles. The molecule has 64 valence electrons. The number of hydrogen-bond donors (Lipinski definition) is 1. The maximum atomic E-state index is 4.09. The van der Waals surface area contributed by atoms with E-state index in [1.807, 2.05) is 18.5 Å². The van der Waals surface area contributed by atoms with Crippen LogP contribution in [0.2, 0.25) is 0 Å². The van der Waals surface area contributed by atoms with E-state index in [-0.39, 0.29) is 0 Å². The molecular formula is C10H14N2. The van der Waals surface area contributed by atoms with E-state index < -0.39 is 0 Å². The van der Waals surface area contributed by atoms with Crippen molar-refractivity contribution >= 4 is 0 Å². The predicted octanol–water partition coefficient (Wildman–Crippen LogP) is 1.89. The highest BCUT2D eigenvalue weighted by Crippen LogP contribution is 2.23. The number of aromatic nitrogens is 1. The quantitative estimate of drug-likeness (QED) is 0.734. The van der Waals surface area contributed by atoms with E-state index in [4.69, 9.17) is 0 Å². The third-order valence-electron chi connectivity index (χ3n) is 2.25. The van der Waals surface area contributed by atoms with Gasteiger partial charge in [-0.15, -0.1) is 0 Å². The Morgan fingerprint density at radius 3 is 3.00 bits per heavy atom. The van der Waals surface area contributed by atoms with Gasteiger partial charge in [0.2, 0.25) is 0 Å². The summed E-state index contributed by atoms with van der Waals surface area (Å²) in [5.74, 6) is 0. The van der Waals surface area contributed by atoms with Crippen molar-refractivity contribution in [1.29, 1.82) is 0 Å².